The average molecular weight is 263 g/mol. The van der Waals surface area contributed by atoms with Gasteiger partial charge in [0.15, 0.2) is 0 Å². The maximum Gasteiger partial charge on any atom is 0.396 e. The fourth-order valence-corrected chi connectivity index (χ4v) is 1.66. The van der Waals surface area contributed by atoms with Gasteiger partial charge in [-0.1, -0.05) is 38.1 Å². The van der Waals surface area contributed by atoms with Crippen molar-refractivity contribution in [3.63, 3.8) is 0 Å². The van der Waals surface area contributed by atoms with E-state index in [1.54, 1.807) is 6.92 Å². The first-order valence-corrected chi connectivity index (χ1v) is 6.58. The first-order chi connectivity index (χ1) is 9.04. The summed E-state index contributed by atoms with van der Waals surface area (Å²) >= 11 is 0. The molecule has 0 radical (unpaired) electrons. The minimum Gasteiger partial charge on any atom is -0.459 e. The van der Waals surface area contributed by atoms with E-state index in [1.165, 1.54) is 5.56 Å². The van der Waals surface area contributed by atoms with Gasteiger partial charge in [-0.25, -0.2) is 4.79 Å². The van der Waals surface area contributed by atoms with Crippen LogP contribution in [0.2, 0.25) is 0 Å². The zero-order chi connectivity index (χ0) is 14.3. The standard InChI is InChI=1S/C15H21NO3/c1-4-19-15(18)14(17)16-10-9-12-5-7-13(8-6-12)11(2)3/h5-8,11H,4,9-10H2,1-3H3,(H,16,17). The van der Waals surface area contributed by atoms with Gasteiger partial charge in [0.05, 0.1) is 6.61 Å². The molecule has 0 saturated heterocycles. The molecule has 1 amide bonds. The molecule has 1 aromatic carbocycles. The highest BCUT2D eigenvalue weighted by molar-refractivity contribution is 6.32. The van der Waals surface area contributed by atoms with Crippen LogP contribution in [-0.2, 0) is 20.7 Å². The van der Waals surface area contributed by atoms with Gasteiger partial charge < -0.3 is 10.1 Å². The largest absolute Gasteiger partial charge is 0.459 e. The lowest BCUT2D eigenvalue weighted by Crippen LogP contribution is -2.33. The Bertz CT molecular complexity index is 424. The lowest BCUT2D eigenvalue weighted by Gasteiger charge is -2.07. The Morgan fingerprint density at radius 3 is 2.37 bits per heavy atom. The molecular formula is C15H21NO3. The van der Waals surface area contributed by atoms with Gasteiger partial charge in [-0.2, -0.15) is 0 Å². The number of benzene rings is 1. The third kappa shape index (κ3) is 5.12. The van der Waals surface area contributed by atoms with Crippen LogP contribution in [0.25, 0.3) is 0 Å². The Hall–Kier alpha value is -1.84. The summed E-state index contributed by atoms with van der Waals surface area (Å²) in [6.07, 6.45) is 0.698. The highest BCUT2D eigenvalue weighted by atomic mass is 16.5. The van der Waals surface area contributed by atoms with Gasteiger partial charge in [0.25, 0.3) is 0 Å². The van der Waals surface area contributed by atoms with Crippen LogP contribution in [0.3, 0.4) is 0 Å². The topological polar surface area (TPSA) is 55.4 Å². The molecule has 0 aromatic heterocycles. The van der Waals surface area contributed by atoms with Crippen LogP contribution in [0.4, 0.5) is 0 Å². The predicted octanol–water partition coefficient (Wildman–Crippen LogP) is 2.03. The second kappa shape index (κ2) is 7.56. The van der Waals surface area contributed by atoms with E-state index in [1.807, 2.05) is 12.1 Å². The maximum atomic E-state index is 11.3. The number of amides is 1. The third-order valence-electron chi connectivity index (χ3n) is 2.81. The van der Waals surface area contributed by atoms with Crippen LogP contribution in [0.1, 0.15) is 37.8 Å². The lowest BCUT2D eigenvalue weighted by atomic mass is 10.0. The summed E-state index contributed by atoms with van der Waals surface area (Å²) in [6.45, 7) is 6.60. The van der Waals surface area contributed by atoms with E-state index in [9.17, 15) is 9.59 Å². The Morgan fingerprint density at radius 2 is 1.84 bits per heavy atom. The average Bonchev–Trinajstić information content (AvgIpc) is 2.39. The molecule has 0 saturated carbocycles. The molecule has 0 atom stereocenters. The summed E-state index contributed by atoms with van der Waals surface area (Å²) in [5.41, 5.74) is 2.42. The summed E-state index contributed by atoms with van der Waals surface area (Å²) in [7, 11) is 0. The first kappa shape index (κ1) is 15.2. The summed E-state index contributed by atoms with van der Waals surface area (Å²) in [4.78, 5) is 22.4. The molecule has 1 rings (SSSR count). The van der Waals surface area contributed by atoms with Crippen molar-refractivity contribution in [3.8, 4) is 0 Å². The van der Waals surface area contributed by atoms with Crippen molar-refractivity contribution in [2.24, 2.45) is 0 Å². The van der Waals surface area contributed by atoms with Gasteiger partial charge >= 0.3 is 11.9 Å². The normalized spacial score (nSPS) is 10.3. The smallest absolute Gasteiger partial charge is 0.396 e. The van der Waals surface area contributed by atoms with Gasteiger partial charge in [-0.05, 0) is 30.4 Å². The van der Waals surface area contributed by atoms with Crippen molar-refractivity contribution in [3.05, 3.63) is 35.4 Å². The van der Waals surface area contributed by atoms with Crippen LogP contribution in [0.5, 0.6) is 0 Å². The van der Waals surface area contributed by atoms with E-state index in [0.717, 1.165) is 5.56 Å². The molecule has 1 aromatic rings. The number of ether oxygens (including phenoxy) is 1. The fourth-order valence-electron chi connectivity index (χ4n) is 1.66. The molecule has 1 N–H and O–H groups in total. The molecule has 0 fully saturated rings. The molecule has 0 bridgehead atoms. The lowest BCUT2D eigenvalue weighted by molar-refractivity contribution is -0.154. The minimum atomic E-state index is -0.822. The summed E-state index contributed by atoms with van der Waals surface area (Å²) in [5, 5.41) is 2.54. The van der Waals surface area contributed by atoms with Crippen LogP contribution < -0.4 is 5.32 Å². The summed E-state index contributed by atoms with van der Waals surface area (Å²) in [5.74, 6) is -0.990. The monoisotopic (exact) mass is 263 g/mol. The molecule has 0 unspecified atom stereocenters. The number of carbonyl (C=O) groups excluding carboxylic acids is 2. The van der Waals surface area contributed by atoms with E-state index in [0.29, 0.717) is 18.9 Å². The second-order valence-corrected chi connectivity index (χ2v) is 4.62. The molecular weight excluding hydrogens is 242 g/mol. The molecule has 0 aliphatic rings. The summed E-state index contributed by atoms with van der Waals surface area (Å²) in [6, 6.07) is 8.28. The van der Waals surface area contributed by atoms with Gasteiger partial charge in [-0.15, -0.1) is 0 Å². The molecule has 4 nitrogen and oxygen atoms in total. The van der Waals surface area contributed by atoms with Crippen molar-refractivity contribution < 1.29 is 14.3 Å². The van der Waals surface area contributed by atoms with E-state index >= 15 is 0 Å². The van der Waals surface area contributed by atoms with E-state index in [4.69, 9.17) is 0 Å². The van der Waals surface area contributed by atoms with Gasteiger partial charge in [-0.3, -0.25) is 4.79 Å². The number of nitrogens with one attached hydrogen (secondary N) is 1. The third-order valence-corrected chi connectivity index (χ3v) is 2.81. The van der Waals surface area contributed by atoms with Crippen LogP contribution in [0.15, 0.2) is 24.3 Å². The van der Waals surface area contributed by atoms with Crippen LogP contribution >= 0.6 is 0 Å². The quantitative estimate of drug-likeness (QED) is 0.653. The molecule has 104 valence electrons. The highest BCUT2D eigenvalue weighted by Gasteiger charge is 2.13. The van der Waals surface area contributed by atoms with Gasteiger partial charge in [0.2, 0.25) is 0 Å². The molecule has 19 heavy (non-hydrogen) atoms. The maximum absolute atomic E-state index is 11.3. The predicted molar refractivity (Wildman–Crippen MR) is 73.9 cm³/mol. The first-order valence-electron chi connectivity index (χ1n) is 6.58. The molecule has 4 heteroatoms. The van der Waals surface area contributed by atoms with Crippen molar-refractivity contribution in [1.82, 2.24) is 5.32 Å². The molecule has 0 spiro atoms. The Balaban J connectivity index is 2.37. The van der Waals surface area contributed by atoms with Crippen molar-refractivity contribution in [2.75, 3.05) is 13.2 Å². The molecule has 0 aliphatic carbocycles. The second-order valence-electron chi connectivity index (χ2n) is 4.62. The zero-order valence-electron chi connectivity index (χ0n) is 11.7. The fraction of sp³-hybridized carbons (Fsp3) is 0.467. The SMILES string of the molecule is CCOC(=O)C(=O)NCCc1ccc(C(C)C)cc1. The van der Waals surface area contributed by atoms with E-state index < -0.39 is 11.9 Å². The van der Waals surface area contributed by atoms with Crippen molar-refractivity contribution in [1.29, 1.82) is 0 Å². The molecule has 0 heterocycles. The van der Waals surface area contributed by atoms with Crippen molar-refractivity contribution in [2.45, 2.75) is 33.1 Å². The number of carbonyl (C=O) groups is 2. The Kier molecular flexibility index (Phi) is 6.06. The molecule has 0 aliphatic heterocycles. The number of esters is 1. The van der Waals surface area contributed by atoms with Gasteiger partial charge in [0, 0.05) is 6.54 Å². The minimum absolute atomic E-state index is 0.211. The zero-order valence-corrected chi connectivity index (χ0v) is 11.7. The van der Waals surface area contributed by atoms with E-state index in [-0.39, 0.29) is 6.61 Å². The van der Waals surface area contributed by atoms with E-state index in [2.05, 4.69) is 36.0 Å². The van der Waals surface area contributed by atoms with Crippen LogP contribution in [-0.4, -0.2) is 25.0 Å². The van der Waals surface area contributed by atoms with Crippen molar-refractivity contribution >= 4 is 11.9 Å². The number of rotatable bonds is 5. The number of hydrogen-bond donors (Lipinski definition) is 1. The Labute approximate surface area is 114 Å². The number of hydrogen-bond acceptors (Lipinski definition) is 3. The highest BCUT2D eigenvalue weighted by Crippen LogP contribution is 2.14. The summed E-state index contributed by atoms with van der Waals surface area (Å²) < 4.78 is 4.60. The van der Waals surface area contributed by atoms with Crippen LogP contribution in [0, 0.1) is 0 Å². The Morgan fingerprint density at radius 1 is 1.21 bits per heavy atom. The van der Waals surface area contributed by atoms with Gasteiger partial charge in [0.1, 0.15) is 0 Å².